The summed E-state index contributed by atoms with van der Waals surface area (Å²) in [5.74, 6) is -0.658. The molecule has 3 aromatic carbocycles. The first-order chi connectivity index (χ1) is 18.4. The molecular weight excluding hydrogens is 549 g/mol. The van der Waals surface area contributed by atoms with E-state index >= 15 is 0 Å². The van der Waals surface area contributed by atoms with Gasteiger partial charge in [-0.05, 0) is 66.9 Å². The van der Waals surface area contributed by atoms with Gasteiger partial charge >= 0.3 is 0 Å². The van der Waals surface area contributed by atoms with Crippen molar-refractivity contribution in [2.24, 2.45) is 4.99 Å². The number of amides is 2. The van der Waals surface area contributed by atoms with E-state index in [1.165, 1.54) is 18.2 Å². The minimum absolute atomic E-state index is 0.0918. The first-order valence-corrected chi connectivity index (χ1v) is 13.1. The van der Waals surface area contributed by atoms with E-state index in [0.29, 0.717) is 18.3 Å². The number of halogens is 2. The first-order valence-electron chi connectivity index (χ1n) is 12.3. The van der Waals surface area contributed by atoms with Gasteiger partial charge in [0, 0.05) is 51.5 Å². The van der Waals surface area contributed by atoms with E-state index in [4.69, 9.17) is 4.74 Å². The summed E-state index contributed by atoms with van der Waals surface area (Å²) in [5.41, 5.74) is 4.43. The van der Waals surface area contributed by atoms with Crippen molar-refractivity contribution in [3.05, 3.63) is 111 Å². The molecule has 0 bridgehead atoms. The van der Waals surface area contributed by atoms with E-state index in [-0.39, 0.29) is 17.6 Å². The second-order valence-corrected chi connectivity index (χ2v) is 10.3. The smallest absolute Gasteiger partial charge is 0.270 e. The maximum absolute atomic E-state index is 13.7. The number of carbonyl (C=O) groups is 2. The summed E-state index contributed by atoms with van der Waals surface area (Å²) < 4.78 is 22.9. The van der Waals surface area contributed by atoms with E-state index in [0.717, 1.165) is 37.6 Å². The van der Waals surface area contributed by atoms with Crippen molar-refractivity contribution in [3.8, 4) is 16.8 Å². The Morgan fingerprint density at radius 1 is 1.00 bits per heavy atom. The third-order valence-electron chi connectivity index (χ3n) is 6.90. The fraction of sp³-hybridized carbons (Fsp3) is 0.167. The van der Waals surface area contributed by atoms with Crippen LogP contribution in [0.2, 0.25) is 0 Å². The summed E-state index contributed by atoms with van der Waals surface area (Å²) in [5, 5.41) is 1.47. The van der Waals surface area contributed by atoms with Crippen LogP contribution in [0.25, 0.3) is 22.9 Å². The second-order valence-electron chi connectivity index (χ2n) is 9.42. The zero-order valence-electron chi connectivity index (χ0n) is 20.5. The zero-order chi connectivity index (χ0) is 26.4. The highest BCUT2D eigenvalue weighted by molar-refractivity contribution is 9.10. The highest BCUT2D eigenvalue weighted by atomic mass is 79.9. The van der Waals surface area contributed by atoms with Crippen LogP contribution in [0.5, 0.6) is 0 Å². The van der Waals surface area contributed by atoms with Gasteiger partial charge in [0.15, 0.2) is 6.23 Å². The van der Waals surface area contributed by atoms with Crippen molar-refractivity contribution >= 4 is 33.8 Å². The number of aromatic nitrogens is 1. The van der Waals surface area contributed by atoms with Gasteiger partial charge in [0.25, 0.3) is 11.8 Å². The Morgan fingerprint density at radius 3 is 2.53 bits per heavy atom. The zero-order valence-corrected chi connectivity index (χ0v) is 22.1. The lowest BCUT2D eigenvalue weighted by Gasteiger charge is -2.24. The van der Waals surface area contributed by atoms with E-state index in [9.17, 15) is 14.0 Å². The molecule has 0 radical (unpaired) electrons. The van der Waals surface area contributed by atoms with Crippen molar-refractivity contribution in [3.63, 3.8) is 0 Å². The Hall–Kier alpha value is -3.88. The van der Waals surface area contributed by atoms with Crippen molar-refractivity contribution < 1.29 is 18.7 Å². The summed E-state index contributed by atoms with van der Waals surface area (Å²) in [6.45, 7) is 2.19. The Morgan fingerprint density at radius 2 is 1.76 bits per heavy atom. The molecule has 38 heavy (non-hydrogen) atoms. The van der Waals surface area contributed by atoms with Crippen LogP contribution >= 0.6 is 15.9 Å². The Bertz CT molecular complexity index is 1680. The van der Waals surface area contributed by atoms with Gasteiger partial charge in [-0.1, -0.05) is 40.2 Å². The average molecular weight is 572 g/mol. The van der Waals surface area contributed by atoms with Gasteiger partial charge in [-0.3, -0.25) is 9.59 Å². The molecule has 0 N–H and O–H groups in total. The molecule has 6 nitrogen and oxygen atoms in total. The number of hydrogen-bond acceptors (Lipinski definition) is 3. The largest absolute Gasteiger partial charge is 0.341 e. The molecule has 8 heteroatoms. The average Bonchev–Trinajstić information content (AvgIpc) is 3.58. The summed E-state index contributed by atoms with van der Waals surface area (Å²) in [6, 6.07) is 20.0. The number of nitrogens with zero attached hydrogens (tertiary/aromatic N) is 3. The minimum Gasteiger partial charge on any atom is -0.341 e. The minimum atomic E-state index is -0.608. The highest BCUT2D eigenvalue weighted by Gasteiger charge is 2.40. The number of hydrogen-bond donors (Lipinski definition) is 0. The van der Waals surface area contributed by atoms with Gasteiger partial charge in [-0.25, -0.2) is 9.38 Å². The quantitative estimate of drug-likeness (QED) is 0.343. The van der Waals surface area contributed by atoms with E-state index in [1.807, 2.05) is 59.4 Å². The van der Waals surface area contributed by atoms with Crippen LogP contribution in [0.4, 0.5) is 4.39 Å². The molecular formula is C30H23BrFN3O3. The van der Waals surface area contributed by atoms with Crippen LogP contribution < -0.4 is 10.6 Å². The molecule has 0 spiro atoms. The first kappa shape index (κ1) is 24.5. The Labute approximate surface area is 226 Å². The molecule has 6 rings (SSSR count). The predicted molar refractivity (Wildman–Crippen MR) is 144 cm³/mol. The summed E-state index contributed by atoms with van der Waals surface area (Å²) in [6.07, 6.45) is 4.84. The summed E-state index contributed by atoms with van der Waals surface area (Å²) >= 11 is 3.48. The molecule has 0 unspecified atom stereocenters. The van der Waals surface area contributed by atoms with E-state index in [1.54, 1.807) is 24.0 Å². The molecule has 1 fully saturated rings. The maximum Gasteiger partial charge on any atom is 0.270 e. The molecule has 1 saturated heterocycles. The third-order valence-corrected chi connectivity index (χ3v) is 7.42. The number of rotatable bonds is 6. The number of benzene rings is 3. The Balaban J connectivity index is 1.36. The van der Waals surface area contributed by atoms with Crippen LogP contribution in [0.15, 0.2) is 88.6 Å². The van der Waals surface area contributed by atoms with Crippen molar-refractivity contribution in [1.82, 2.24) is 9.47 Å². The van der Waals surface area contributed by atoms with Crippen molar-refractivity contribution in [2.45, 2.75) is 25.7 Å². The maximum atomic E-state index is 13.7. The Kier molecular flexibility index (Phi) is 6.29. The van der Waals surface area contributed by atoms with Crippen LogP contribution in [0.3, 0.4) is 0 Å². The molecule has 2 aliphatic rings. The number of carbonyl (C=O) groups excluding carboxylic acids is 2. The standard InChI is InChI=1S/C30H23BrFN3O3/c1-18-29(37)35(13-12-19-2-3-21-15-28(36)33-27(21)14-19)30(38-18)26-17-34(24-10-6-22(31)7-11-24)16-25(26)20-4-8-23(32)9-5-20/h2-11,14-18,30H,12-13H2,1H3/t18-,30-/m1/s1. The lowest BCUT2D eigenvalue weighted by Crippen LogP contribution is -2.32. The van der Waals surface area contributed by atoms with Gasteiger partial charge in [-0.15, -0.1) is 0 Å². The molecule has 2 amide bonds. The molecule has 3 heterocycles. The van der Waals surface area contributed by atoms with Crippen LogP contribution in [0, 0.1) is 5.82 Å². The lowest BCUT2D eigenvalue weighted by atomic mass is 10.0. The number of fused-ring (bicyclic) bond motifs is 1. The van der Waals surface area contributed by atoms with E-state index in [2.05, 4.69) is 20.9 Å². The van der Waals surface area contributed by atoms with Crippen molar-refractivity contribution in [2.75, 3.05) is 6.54 Å². The van der Waals surface area contributed by atoms with Crippen LogP contribution in [-0.2, 0) is 20.7 Å². The summed E-state index contributed by atoms with van der Waals surface area (Å²) in [7, 11) is 0. The van der Waals surface area contributed by atoms with Gasteiger partial charge < -0.3 is 14.2 Å². The molecule has 190 valence electrons. The topological polar surface area (TPSA) is 63.9 Å². The van der Waals surface area contributed by atoms with Gasteiger partial charge in [0.2, 0.25) is 0 Å². The second kappa shape index (κ2) is 9.78. The number of ether oxygens (including phenoxy) is 1. The normalized spacial score (nSPS) is 18.4. The predicted octanol–water partition coefficient (Wildman–Crippen LogP) is 4.47. The lowest BCUT2D eigenvalue weighted by molar-refractivity contribution is -0.130. The fourth-order valence-corrected chi connectivity index (χ4v) is 5.20. The van der Waals surface area contributed by atoms with Gasteiger partial charge in [0.05, 0.1) is 5.36 Å². The highest BCUT2D eigenvalue weighted by Crippen LogP contribution is 2.38. The molecule has 2 atom stereocenters. The molecule has 0 saturated carbocycles. The molecule has 0 aliphatic carbocycles. The molecule has 1 aromatic heterocycles. The van der Waals surface area contributed by atoms with Gasteiger partial charge in [-0.2, -0.15) is 0 Å². The van der Waals surface area contributed by atoms with Gasteiger partial charge in [0.1, 0.15) is 11.9 Å². The van der Waals surface area contributed by atoms with Crippen LogP contribution in [0.1, 0.15) is 24.3 Å². The SMILES string of the molecule is C[C@H]1O[C@H](c2cn(-c3ccc(Br)cc3)cc2-c2ccc(F)cc2)N(CCc2ccc3c(c2)=NC(=O)C=3)C1=O. The van der Waals surface area contributed by atoms with Crippen molar-refractivity contribution in [1.29, 1.82) is 0 Å². The molecule has 2 aliphatic heterocycles. The monoisotopic (exact) mass is 571 g/mol. The fourth-order valence-electron chi connectivity index (χ4n) is 4.94. The third kappa shape index (κ3) is 4.61. The summed E-state index contributed by atoms with van der Waals surface area (Å²) in [4.78, 5) is 30.6. The molecule has 4 aromatic rings. The van der Waals surface area contributed by atoms with E-state index < -0.39 is 12.3 Å². The van der Waals surface area contributed by atoms with Crippen LogP contribution in [-0.4, -0.2) is 33.9 Å².